The van der Waals surface area contributed by atoms with Crippen molar-refractivity contribution in [2.24, 2.45) is 0 Å². The normalized spacial score (nSPS) is 14.5. The summed E-state index contributed by atoms with van der Waals surface area (Å²) in [7, 11) is 0. The Hall–Kier alpha value is -1.37. The highest BCUT2D eigenvalue weighted by Crippen LogP contribution is 2.30. The Morgan fingerprint density at radius 2 is 2.00 bits per heavy atom. The number of pyridine rings is 1. The Bertz CT molecular complexity index is 541. The smallest absolute Gasteiger partial charge is 0.0710 e. The van der Waals surface area contributed by atoms with Gasteiger partial charge in [0.15, 0.2) is 0 Å². The Kier molecular flexibility index (Phi) is 1.82. The summed E-state index contributed by atoms with van der Waals surface area (Å²) in [6.45, 7) is 4.43. The molecule has 0 bridgehead atoms. The average molecular weight is 197 g/mol. The maximum atomic E-state index is 4.78. The topological polar surface area (TPSA) is 12.9 Å². The first-order valence-electron chi connectivity index (χ1n) is 5.65. The lowest BCUT2D eigenvalue weighted by atomic mass is 9.99. The summed E-state index contributed by atoms with van der Waals surface area (Å²) in [6.07, 6.45) is 3.66. The summed E-state index contributed by atoms with van der Waals surface area (Å²) in [5, 5.41) is 1.37. The van der Waals surface area contributed by atoms with Crippen molar-refractivity contribution in [3.8, 4) is 0 Å². The molecule has 0 amide bonds. The number of hydrogen-bond donors (Lipinski definition) is 0. The zero-order chi connectivity index (χ0) is 10.4. The molecular weight excluding hydrogens is 182 g/mol. The van der Waals surface area contributed by atoms with Gasteiger partial charge in [0.1, 0.15) is 0 Å². The van der Waals surface area contributed by atoms with Gasteiger partial charge in [0.2, 0.25) is 0 Å². The SMILES string of the molecule is Cc1cccc2nc3c(c(C)c12)CCC3. The highest BCUT2D eigenvalue weighted by molar-refractivity contribution is 5.86. The van der Waals surface area contributed by atoms with Crippen LogP contribution in [0, 0.1) is 13.8 Å². The summed E-state index contributed by atoms with van der Waals surface area (Å²) in [4.78, 5) is 4.78. The van der Waals surface area contributed by atoms with Crippen LogP contribution in [-0.4, -0.2) is 4.98 Å². The van der Waals surface area contributed by atoms with Gasteiger partial charge in [0, 0.05) is 11.1 Å². The Balaban J connectivity index is 2.47. The fourth-order valence-corrected chi connectivity index (χ4v) is 2.78. The van der Waals surface area contributed by atoms with E-state index >= 15 is 0 Å². The molecule has 0 spiro atoms. The van der Waals surface area contributed by atoms with Crippen molar-refractivity contribution in [3.05, 3.63) is 40.6 Å². The van der Waals surface area contributed by atoms with Gasteiger partial charge in [-0.2, -0.15) is 0 Å². The van der Waals surface area contributed by atoms with E-state index in [2.05, 4.69) is 32.0 Å². The molecule has 1 aromatic carbocycles. The highest BCUT2D eigenvalue weighted by Gasteiger charge is 2.17. The lowest BCUT2D eigenvalue weighted by Gasteiger charge is -2.10. The molecule has 0 N–H and O–H groups in total. The van der Waals surface area contributed by atoms with Crippen LogP contribution in [0.3, 0.4) is 0 Å². The summed E-state index contributed by atoms with van der Waals surface area (Å²) in [6, 6.07) is 6.41. The molecule has 76 valence electrons. The molecule has 1 aliphatic carbocycles. The van der Waals surface area contributed by atoms with Gasteiger partial charge in [-0.15, -0.1) is 0 Å². The minimum atomic E-state index is 1.17. The minimum Gasteiger partial charge on any atom is -0.253 e. The van der Waals surface area contributed by atoms with Gasteiger partial charge in [0.05, 0.1) is 5.52 Å². The van der Waals surface area contributed by atoms with Crippen LogP contribution in [0.25, 0.3) is 10.9 Å². The number of benzene rings is 1. The first-order valence-corrected chi connectivity index (χ1v) is 5.65. The van der Waals surface area contributed by atoms with E-state index in [0.29, 0.717) is 0 Å². The first kappa shape index (κ1) is 8.90. The summed E-state index contributed by atoms with van der Waals surface area (Å²) in [5.74, 6) is 0. The zero-order valence-corrected chi connectivity index (χ0v) is 9.30. The van der Waals surface area contributed by atoms with E-state index in [1.807, 2.05) is 0 Å². The van der Waals surface area contributed by atoms with E-state index in [9.17, 15) is 0 Å². The van der Waals surface area contributed by atoms with E-state index in [0.717, 1.165) is 0 Å². The van der Waals surface area contributed by atoms with Gasteiger partial charge in [-0.05, 0) is 55.9 Å². The van der Waals surface area contributed by atoms with Crippen molar-refractivity contribution >= 4 is 10.9 Å². The summed E-state index contributed by atoms with van der Waals surface area (Å²) < 4.78 is 0. The van der Waals surface area contributed by atoms with E-state index in [1.54, 1.807) is 0 Å². The van der Waals surface area contributed by atoms with Crippen molar-refractivity contribution < 1.29 is 0 Å². The van der Waals surface area contributed by atoms with Crippen LogP contribution in [-0.2, 0) is 12.8 Å². The van der Waals surface area contributed by atoms with Crippen LogP contribution in [0.5, 0.6) is 0 Å². The predicted octanol–water partition coefficient (Wildman–Crippen LogP) is 3.34. The van der Waals surface area contributed by atoms with Crippen molar-refractivity contribution in [2.45, 2.75) is 33.1 Å². The number of aromatic nitrogens is 1. The van der Waals surface area contributed by atoms with Gasteiger partial charge in [-0.3, -0.25) is 4.98 Å². The molecule has 1 aliphatic rings. The fraction of sp³-hybridized carbons (Fsp3) is 0.357. The quantitative estimate of drug-likeness (QED) is 0.631. The van der Waals surface area contributed by atoms with E-state index < -0.39 is 0 Å². The molecule has 0 saturated carbocycles. The highest BCUT2D eigenvalue weighted by atomic mass is 14.7. The van der Waals surface area contributed by atoms with Crippen LogP contribution in [0.2, 0.25) is 0 Å². The zero-order valence-electron chi connectivity index (χ0n) is 9.30. The van der Waals surface area contributed by atoms with Crippen molar-refractivity contribution in [1.29, 1.82) is 0 Å². The lowest BCUT2D eigenvalue weighted by molar-refractivity contribution is 0.900. The largest absolute Gasteiger partial charge is 0.253 e. The molecule has 1 aromatic heterocycles. The molecule has 15 heavy (non-hydrogen) atoms. The van der Waals surface area contributed by atoms with Gasteiger partial charge in [-0.1, -0.05) is 12.1 Å². The number of nitrogens with zero attached hydrogens (tertiary/aromatic N) is 1. The van der Waals surface area contributed by atoms with E-state index in [-0.39, 0.29) is 0 Å². The number of hydrogen-bond acceptors (Lipinski definition) is 1. The third-order valence-corrected chi connectivity index (χ3v) is 3.52. The van der Waals surface area contributed by atoms with Crippen LogP contribution in [0.4, 0.5) is 0 Å². The van der Waals surface area contributed by atoms with Crippen molar-refractivity contribution in [1.82, 2.24) is 4.98 Å². The predicted molar refractivity (Wildman–Crippen MR) is 63.2 cm³/mol. The van der Waals surface area contributed by atoms with Crippen molar-refractivity contribution in [2.75, 3.05) is 0 Å². The summed E-state index contributed by atoms with van der Waals surface area (Å²) >= 11 is 0. The molecule has 0 unspecified atom stereocenters. The van der Waals surface area contributed by atoms with Crippen LogP contribution in [0.1, 0.15) is 28.8 Å². The third kappa shape index (κ3) is 1.19. The van der Waals surface area contributed by atoms with Gasteiger partial charge < -0.3 is 0 Å². The summed E-state index contributed by atoms with van der Waals surface area (Å²) in [5.41, 5.74) is 6.84. The van der Waals surface area contributed by atoms with Crippen LogP contribution in [0.15, 0.2) is 18.2 Å². The average Bonchev–Trinajstić information content (AvgIpc) is 2.66. The number of aryl methyl sites for hydroxylation is 3. The molecule has 1 nitrogen and oxygen atoms in total. The van der Waals surface area contributed by atoms with Crippen molar-refractivity contribution in [3.63, 3.8) is 0 Å². The fourth-order valence-electron chi connectivity index (χ4n) is 2.78. The molecule has 1 heterocycles. The molecule has 0 atom stereocenters. The second kappa shape index (κ2) is 3.06. The van der Waals surface area contributed by atoms with E-state index in [1.165, 1.54) is 52.5 Å². The number of rotatable bonds is 0. The minimum absolute atomic E-state index is 1.17. The van der Waals surface area contributed by atoms with Crippen LogP contribution < -0.4 is 0 Å². The Morgan fingerprint density at radius 3 is 2.87 bits per heavy atom. The van der Waals surface area contributed by atoms with Gasteiger partial charge >= 0.3 is 0 Å². The van der Waals surface area contributed by atoms with E-state index in [4.69, 9.17) is 4.98 Å². The second-order valence-electron chi connectivity index (χ2n) is 4.48. The third-order valence-electron chi connectivity index (χ3n) is 3.52. The molecular formula is C14H15N. The molecule has 2 aromatic rings. The molecule has 0 fully saturated rings. The molecule has 0 radical (unpaired) electrons. The Morgan fingerprint density at radius 1 is 1.13 bits per heavy atom. The molecule has 0 saturated heterocycles. The second-order valence-corrected chi connectivity index (χ2v) is 4.48. The maximum Gasteiger partial charge on any atom is 0.0710 e. The molecule has 3 rings (SSSR count). The van der Waals surface area contributed by atoms with Gasteiger partial charge in [-0.25, -0.2) is 0 Å². The van der Waals surface area contributed by atoms with Gasteiger partial charge in [0.25, 0.3) is 0 Å². The molecule has 1 heteroatoms. The monoisotopic (exact) mass is 197 g/mol. The first-order chi connectivity index (χ1) is 7.27. The number of fused-ring (bicyclic) bond motifs is 2. The maximum absolute atomic E-state index is 4.78. The lowest BCUT2D eigenvalue weighted by Crippen LogP contribution is -1.95. The van der Waals surface area contributed by atoms with Crippen LogP contribution >= 0.6 is 0 Å². The Labute approximate surface area is 90.2 Å². The standard InChI is InChI=1S/C14H15N/c1-9-5-3-8-13-14(9)10(2)11-6-4-7-12(11)15-13/h3,5,8H,4,6-7H2,1-2H3. The molecule has 0 aliphatic heterocycles.